The molecule has 0 aromatic heterocycles. The van der Waals surface area contributed by atoms with Crippen LogP contribution in [0.2, 0.25) is 0 Å². The maximum atomic E-state index is 10.1. The normalized spacial score (nSPS) is 11.2. The van der Waals surface area contributed by atoms with Crippen molar-refractivity contribution in [3.8, 4) is 0 Å². The van der Waals surface area contributed by atoms with Crippen LogP contribution in [-0.4, -0.2) is 19.6 Å². The molecule has 0 saturated carbocycles. The van der Waals surface area contributed by atoms with Crippen LogP contribution >= 0.6 is 0 Å². The van der Waals surface area contributed by atoms with Gasteiger partial charge in [-0.2, -0.15) is 0 Å². The van der Waals surface area contributed by atoms with Gasteiger partial charge < -0.3 is 4.55 Å². The maximum absolute atomic E-state index is 10.1. The number of rotatable bonds is 12. The van der Waals surface area contributed by atoms with Crippen molar-refractivity contribution in [3.05, 3.63) is 0 Å². The molecule has 0 amide bonds. The summed E-state index contributed by atoms with van der Waals surface area (Å²) in [5.74, 6) is 0. The standard InChI is InChI=1S/C12H26O4S.Na/c1-2-3-4-5-6-7-8-9-10-11-12-16-17(13,14)15;/h2-12H2,1H3,(H,13,14,15);/q;+1/p-1/i12+2;. The first-order chi connectivity index (χ1) is 8.06. The first-order valence-electron chi connectivity index (χ1n) is 6.66. The topological polar surface area (TPSA) is 66.4 Å². The van der Waals surface area contributed by atoms with Crippen molar-refractivity contribution in [2.75, 3.05) is 6.61 Å². The van der Waals surface area contributed by atoms with Gasteiger partial charge in [0.2, 0.25) is 10.4 Å². The average Bonchev–Trinajstić information content (AvgIpc) is 2.24. The van der Waals surface area contributed by atoms with Crippen LogP contribution in [0.15, 0.2) is 0 Å². The van der Waals surface area contributed by atoms with Gasteiger partial charge in [0, 0.05) is 0 Å². The van der Waals surface area contributed by atoms with Gasteiger partial charge >= 0.3 is 29.6 Å². The average molecular weight is 290 g/mol. The van der Waals surface area contributed by atoms with Crippen molar-refractivity contribution in [2.24, 2.45) is 0 Å². The van der Waals surface area contributed by atoms with Crippen molar-refractivity contribution in [1.82, 2.24) is 0 Å². The maximum Gasteiger partial charge on any atom is 1.00 e. The Morgan fingerprint density at radius 2 is 1.39 bits per heavy atom. The van der Waals surface area contributed by atoms with Crippen LogP contribution in [0, 0.1) is 0 Å². The van der Waals surface area contributed by atoms with Gasteiger partial charge in [-0.15, -0.1) is 0 Å². The van der Waals surface area contributed by atoms with Crippen LogP contribution in [-0.2, 0) is 14.6 Å². The predicted octanol–water partition coefficient (Wildman–Crippen LogP) is 0.388. The fourth-order valence-corrected chi connectivity index (χ4v) is 2.07. The molecule has 0 radical (unpaired) electrons. The first kappa shape index (κ1) is 21.2. The Bertz CT molecular complexity index is 255. The molecular formula is C12H25NaO4S. The second-order valence-electron chi connectivity index (χ2n) is 4.41. The Morgan fingerprint density at radius 1 is 0.944 bits per heavy atom. The zero-order valence-electron chi connectivity index (χ0n) is 11.8. The fraction of sp³-hybridized carbons (Fsp3) is 1.00. The van der Waals surface area contributed by atoms with Crippen LogP contribution in [0.1, 0.15) is 71.1 Å². The van der Waals surface area contributed by atoms with Gasteiger partial charge in [-0.05, 0) is 6.42 Å². The minimum Gasteiger partial charge on any atom is -0.726 e. The summed E-state index contributed by atoms with van der Waals surface area (Å²) in [6.07, 6.45) is 11.7. The Morgan fingerprint density at radius 3 is 1.83 bits per heavy atom. The van der Waals surface area contributed by atoms with Crippen molar-refractivity contribution in [1.29, 1.82) is 0 Å². The predicted molar refractivity (Wildman–Crippen MR) is 67.5 cm³/mol. The minimum absolute atomic E-state index is 0. The van der Waals surface area contributed by atoms with Gasteiger partial charge in [0.1, 0.15) is 0 Å². The molecule has 0 aromatic rings. The molecule has 0 heterocycles. The summed E-state index contributed by atoms with van der Waals surface area (Å²) in [6.45, 7) is 2.24. The van der Waals surface area contributed by atoms with E-state index in [4.69, 9.17) is 0 Å². The van der Waals surface area contributed by atoms with Gasteiger partial charge in [-0.25, -0.2) is 8.42 Å². The molecule has 0 spiro atoms. The van der Waals surface area contributed by atoms with Crippen LogP contribution in [0.3, 0.4) is 0 Å². The Balaban J connectivity index is 0. The van der Waals surface area contributed by atoms with Crippen molar-refractivity contribution in [2.45, 2.75) is 71.1 Å². The van der Waals surface area contributed by atoms with Gasteiger partial charge in [-0.3, -0.25) is 4.18 Å². The van der Waals surface area contributed by atoms with Crippen LogP contribution in [0.25, 0.3) is 0 Å². The van der Waals surface area contributed by atoms with E-state index in [1.165, 1.54) is 44.9 Å². The van der Waals surface area contributed by atoms with E-state index < -0.39 is 10.4 Å². The molecule has 0 aliphatic rings. The van der Waals surface area contributed by atoms with Crippen LogP contribution in [0.4, 0.5) is 0 Å². The molecule has 6 heteroatoms. The van der Waals surface area contributed by atoms with E-state index in [9.17, 15) is 13.0 Å². The van der Waals surface area contributed by atoms with E-state index >= 15 is 0 Å². The summed E-state index contributed by atoms with van der Waals surface area (Å²) in [6, 6.07) is 0. The van der Waals surface area contributed by atoms with E-state index in [-0.39, 0.29) is 36.2 Å². The molecule has 0 aliphatic carbocycles. The number of unbranched alkanes of at least 4 members (excludes halogenated alkanes) is 9. The third-order valence-corrected chi connectivity index (χ3v) is 3.18. The van der Waals surface area contributed by atoms with Crippen molar-refractivity contribution >= 4 is 10.4 Å². The SMILES string of the molecule is CCCCCCCCCCC[14CH2]OS(=O)(=O)[O-].[Na+]. The first-order valence-corrected chi connectivity index (χ1v) is 8.00. The molecule has 4 nitrogen and oxygen atoms in total. The molecule has 0 aromatic carbocycles. The minimum atomic E-state index is -4.48. The molecule has 0 aliphatic heterocycles. The fourth-order valence-electron chi connectivity index (χ4n) is 1.75. The summed E-state index contributed by atoms with van der Waals surface area (Å²) in [7, 11) is -4.48. The third-order valence-electron chi connectivity index (χ3n) is 2.73. The second-order valence-corrected chi connectivity index (χ2v) is 5.46. The third kappa shape index (κ3) is 19.2. The van der Waals surface area contributed by atoms with Gasteiger partial charge in [0.05, 0.1) is 6.61 Å². The molecule has 0 bridgehead atoms. The zero-order chi connectivity index (χ0) is 13.0. The Hall–Kier alpha value is 0.870. The molecule has 0 unspecified atom stereocenters. The molecule has 0 saturated heterocycles. The van der Waals surface area contributed by atoms with Gasteiger partial charge in [0.25, 0.3) is 0 Å². The van der Waals surface area contributed by atoms with E-state index in [2.05, 4.69) is 11.1 Å². The van der Waals surface area contributed by atoms with Crippen LogP contribution < -0.4 is 29.6 Å². The Kier molecular flexibility index (Phi) is 16.8. The summed E-state index contributed by atoms with van der Waals surface area (Å²) >= 11 is 0. The smallest absolute Gasteiger partial charge is 0.726 e. The van der Waals surface area contributed by atoms with E-state index in [1.807, 2.05) is 0 Å². The zero-order valence-corrected chi connectivity index (χ0v) is 14.6. The molecule has 0 N–H and O–H groups in total. The Labute approximate surface area is 134 Å². The molecule has 0 rings (SSSR count). The molecule has 0 atom stereocenters. The van der Waals surface area contributed by atoms with E-state index in [0.717, 1.165) is 12.8 Å². The summed E-state index contributed by atoms with van der Waals surface area (Å²) in [4.78, 5) is 0. The number of hydrogen-bond donors (Lipinski definition) is 0. The van der Waals surface area contributed by atoms with Crippen LogP contribution in [0.5, 0.6) is 0 Å². The van der Waals surface area contributed by atoms with E-state index in [0.29, 0.717) is 6.42 Å². The monoisotopic (exact) mass is 290 g/mol. The summed E-state index contributed by atoms with van der Waals surface area (Å²) in [5.41, 5.74) is 0. The van der Waals surface area contributed by atoms with Crippen molar-refractivity contribution < 1.29 is 46.7 Å². The van der Waals surface area contributed by atoms with Crippen molar-refractivity contribution in [3.63, 3.8) is 0 Å². The molecule has 0 fully saturated rings. The second kappa shape index (κ2) is 14.3. The van der Waals surface area contributed by atoms with E-state index in [1.54, 1.807) is 0 Å². The summed E-state index contributed by atoms with van der Waals surface area (Å²) in [5, 5.41) is 0. The number of hydrogen-bond acceptors (Lipinski definition) is 4. The molecule has 18 heavy (non-hydrogen) atoms. The quantitative estimate of drug-likeness (QED) is 0.226. The molecule has 104 valence electrons. The van der Waals surface area contributed by atoms with Gasteiger partial charge in [-0.1, -0.05) is 64.7 Å². The largest absolute Gasteiger partial charge is 1.00 e. The summed E-state index contributed by atoms with van der Waals surface area (Å²) < 4.78 is 34.5. The molecular weight excluding hydrogens is 265 g/mol. The van der Waals surface area contributed by atoms with Gasteiger partial charge in [0.15, 0.2) is 0 Å².